The van der Waals surface area contributed by atoms with Gasteiger partial charge in [-0.15, -0.1) is 0 Å². The summed E-state index contributed by atoms with van der Waals surface area (Å²) in [6, 6.07) is 19.7. The van der Waals surface area contributed by atoms with Crippen molar-refractivity contribution in [2.45, 2.75) is 5.16 Å². The molecule has 0 bridgehead atoms. The van der Waals surface area contributed by atoms with Crippen molar-refractivity contribution in [3.05, 3.63) is 78.5 Å². The fraction of sp³-hybridized carbons (Fsp3) is 0.0476. The highest BCUT2D eigenvalue weighted by Gasteiger charge is 2.16. The Bertz CT molecular complexity index is 1180. The molecule has 0 fully saturated rings. The summed E-state index contributed by atoms with van der Waals surface area (Å²) in [4.78, 5) is 25.5. The van der Waals surface area contributed by atoms with Gasteiger partial charge in [-0.25, -0.2) is 19.7 Å². The van der Waals surface area contributed by atoms with E-state index in [1.807, 2.05) is 36.4 Å². The second kappa shape index (κ2) is 7.66. The predicted molar refractivity (Wildman–Crippen MR) is 107 cm³/mol. The number of esters is 1. The molecule has 0 amide bonds. The molecule has 0 aliphatic heterocycles. The zero-order valence-electron chi connectivity index (χ0n) is 14.9. The monoisotopic (exact) mass is 389 g/mol. The van der Waals surface area contributed by atoms with E-state index in [0.717, 1.165) is 5.56 Å². The number of carbonyl (C=O) groups is 1. The van der Waals surface area contributed by atoms with Crippen molar-refractivity contribution < 1.29 is 13.7 Å². The molecule has 2 heterocycles. The summed E-state index contributed by atoms with van der Waals surface area (Å²) in [6.45, 7) is 0. The normalized spacial score (nSPS) is 11.9. The molecule has 28 heavy (non-hydrogen) atoms. The number of aromatic nitrogens is 3. The second-order valence-corrected chi connectivity index (χ2v) is 7.25. The van der Waals surface area contributed by atoms with Crippen molar-refractivity contribution in [3.8, 4) is 17.1 Å². The number of pyridine rings is 1. The minimum atomic E-state index is -1.32. The molecule has 138 valence electrons. The molecular formula is C21H15N3O3S. The van der Waals surface area contributed by atoms with E-state index in [-0.39, 0.29) is 11.0 Å². The first kappa shape index (κ1) is 17.9. The van der Waals surface area contributed by atoms with Crippen LogP contribution in [0.2, 0.25) is 0 Å². The lowest BCUT2D eigenvalue weighted by Gasteiger charge is -2.10. The van der Waals surface area contributed by atoms with Crippen LogP contribution in [0.1, 0.15) is 10.4 Å². The molecular weight excluding hydrogens is 374 g/mol. The summed E-state index contributed by atoms with van der Waals surface area (Å²) >= 11 is 0. The Labute approximate surface area is 163 Å². The quantitative estimate of drug-likeness (QED) is 0.391. The van der Waals surface area contributed by atoms with Gasteiger partial charge in [0.05, 0.1) is 16.4 Å². The summed E-state index contributed by atoms with van der Waals surface area (Å²) in [5, 5.41) is 0.861. The highest BCUT2D eigenvalue weighted by atomic mass is 32.2. The van der Waals surface area contributed by atoms with Crippen molar-refractivity contribution in [2.75, 3.05) is 6.26 Å². The third-order valence-corrected chi connectivity index (χ3v) is 4.74. The average Bonchev–Trinajstić information content (AvgIpc) is 2.74. The van der Waals surface area contributed by atoms with E-state index in [4.69, 9.17) is 4.74 Å². The second-order valence-electron chi connectivity index (χ2n) is 5.98. The Kier molecular flexibility index (Phi) is 4.90. The topological polar surface area (TPSA) is 82.0 Å². The predicted octanol–water partition coefficient (Wildman–Crippen LogP) is 3.65. The summed E-state index contributed by atoms with van der Waals surface area (Å²) in [6.07, 6.45) is 3.08. The maximum absolute atomic E-state index is 12.4. The van der Waals surface area contributed by atoms with E-state index in [2.05, 4.69) is 15.0 Å². The van der Waals surface area contributed by atoms with E-state index in [1.54, 1.807) is 36.5 Å². The van der Waals surface area contributed by atoms with Gasteiger partial charge in [-0.3, -0.25) is 4.21 Å². The average molecular weight is 389 g/mol. The number of ether oxygens (including phenoxy) is 1. The Morgan fingerprint density at radius 2 is 1.64 bits per heavy atom. The van der Waals surface area contributed by atoms with Gasteiger partial charge < -0.3 is 4.74 Å². The van der Waals surface area contributed by atoms with Gasteiger partial charge in [-0.2, -0.15) is 0 Å². The number of hydrogen-bond acceptors (Lipinski definition) is 6. The first-order valence-corrected chi connectivity index (χ1v) is 10.0. The molecule has 0 spiro atoms. The van der Waals surface area contributed by atoms with Crippen LogP contribution in [0.25, 0.3) is 22.2 Å². The zero-order valence-corrected chi connectivity index (χ0v) is 15.7. The van der Waals surface area contributed by atoms with E-state index in [9.17, 15) is 9.00 Å². The Morgan fingerprint density at radius 1 is 0.964 bits per heavy atom. The van der Waals surface area contributed by atoms with Gasteiger partial charge in [0.15, 0.2) is 0 Å². The van der Waals surface area contributed by atoms with Gasteiger partial charge in [0.1, 0.15) is 11.2 Å². The van der Waals surface area contributed by atoms with Crippen LogP contribution >= 0.6 is 0 Å². The van der Waals surface area contributed by atoms with Crippen LogP contribution in [0.3, 0.4) is 0 Å². The van der Waals surface area contributed by atoms with Crippen LogP contribution in [0.4, 0.5) is 0 Å². The first-order chi connectivity index (χ1) is 13.6. The molecule has 0 N–H and O–H groups in total. The SMILES string of the molecule is CS(=O)c1ncc2cc(OC(=O)c3ccccc3)nc(-c3ccccc3)c2n1. The molecule has 7 heteroatoms. The van der Waals surface area contributed by atoms with Crippen LogP contribution in [0.15, 0.2) is 78.1 Å². The molecule has 0 aliphatic carbocycles. The largest absolute Gasteiger partial charge is 0.404 e. The molecule has 4 aromatic rings. The van der Waals surface area contributed by atoms with Crippen LogP contribution in [0, 0.1) is 0 Å². The van der Waals surface area contributed by atoms with Gasteiger partial charge >= 0.3 is 5.97 Å². The molecule has 0 saturated heterocycles. The van der Waals surface area contributed by atoms with Crippen molar-refractivity contribution in [1.29, 1.82) is 0 Å². The van der Waals surface area contributed by atoms with Crippen molar-refractivity contribution in [3.63, 3.8) is 0 Å². The molecule has 0 radical (unpaired) electrons. The molecule has 0 aliphatic rings. The molecule has 2 aromatic heterocycles. The van der Waals surface area contributed by atoms with Crippen molar-refractivity contribution >= 4 is 27.7 Å². The Morgan fingerprint density at radius 3 is 2.32 bits per heavy atom. The van der Waals surface area contributed by atoms with Crippen LogP contribution in [0.5, 0.6) is 5.88 Å². The lowest BCUT2D eigenvalue weighted by molar-refractivity contribution is 0.0728. The maximum atomic E-state index is 12.4. The minimum Gasteiger partial charge on any atom is -0.404 e. The molecule has 4 rings (SSSR count). The summed E-state index contributed by atoms with van der Waals surface area (Å²) in [5.74, 6) is -0.354. The van der Waals surface area contributed by atoms with E-state index in [0.29, 0.717) is 22.2 Å². The third-order valence-electron chi connectivity index (χ3n) is 4.03. The fourth-order valence-corrected chi connectivity index (χ4v) is 3.14. The highest BCUT2D eigenvalue weighted by molar-refractivity contribution is 7.84. The van der Waals surface area contributed by atoms with Gasteiger partial charge in [0.2, 0.25) is 11.0 Å². The van der Waals surface area contributed by atoms with Crippen LogP contribution < -0.4 is 4.74 Å². The van der Waals surface area contributed by atoms with Gasteiger partial charge in [-0.05, 0) is 12.1 Å². The lowest BCUT2D eigenvalue weighted by atomic mass is 10.1. The summed E-state index contributed by atoms with van der Waals surface area (Å²) in [5.41, 5.74) is 2.31. The van der Waals surface area contributed by atoms with Crippen molar-refractivity contribution in [2.24, 2.45) is 0 Å². The molecule has 2 aromatic carbocycles. The Hall–Kier alpha value is -3.45. The lowest BCUT2D eigenvalue weighted by Crippen LogP contribution is -2.10. The van der Waals surface area contributed by atoms with E-state index < -0.39 is 16.8 Å². The smallest absolute Gasteiger partial charge is 0.344 e. The minimum absolute atomic E-state index is 0.147. The standard InChI is InChI=1S/C21H15N3O3S/c1-28(26)21-22-13-16-12-17(27-20(25)15-10-6-3-7-11-15)23-18(19(16)24-21)14-8-4-2-5-9-14/h2-13H,1H3. The molecule has 6 nitrogen and oxygen atoms in total. The molecule has 0 saturated carbocycles. The zero-order chi connectivity index (χ0) is 19.5. The van der Waals surface area contributed by atoms with Gasteiger partial charge in [-0.1, -0.05) is 48.5 Å². The van der Waals surface area contributed by atoms with E-state index in [1.165, 1.54) is 6.26 Å². The van der Waals surface area contributed by atoms with Crippen LogP contribution in [-0.4, -0.2) is 31.4 Å². The first-order valence-electron chi connectivity index (χ1n) is 8.46. The fourth-order valence-electron chi connectivity index (χ4n) is 2.71. The number of hydrogen-bond donors (Lipinski definition) is 0. The van der Waals surface area contributed by atoms with Gasteiger partial charge in [0.25, 0.3) is 0 Å². The molecule has 1 atom stereocenters. The highest BCUT2D eigenvalue weighted by Crippen LogP contribution is 2.29. The van der Waals surface area contributed by atoms with Crippen LogP contribution in [-0.2, 0) is 10.8 Å². The number of fused-ring (bicyclic) bond motifs is 1. The summed E-state index contributed by atoms with van der Waals surface area (Å²) < 4.78 is 17.3. The number of nitrogens with zero attached hydrogens (tertiary/aromatic N) is 3. The van der Waals surface area contributed by atoms with Gasteiger partial charge in [0, 0.05) is 29.5 Å². The number of benzene rings is 2. The summed E-state index contributed by atoms with van der Waals surface area (Å²) in [7, 11) is -1.32. The maximum Gasteiger partial charge on any atom is 0.344 e. The third kappa shape index (κ3) is 3.65. The number of rotatable bonds is 4. The Balaban J connectivity index is 1.84. The van der Waals surface area contributed by atoms with Crippen molar-refractivity contribution in [1.82, 2.24) is 15.0 Å². The molecule has 1 unspecified atom stereocenters. The number of carbonyl (C=O) groups excluding carboxylic acids is 1. The van der Waals surface area contributed by atoms with E-state index >= 15 is 0 Å².